The van der Waals surface area contributed by atoms with Gasteiger partial charge in [-0.05, 0) is 37.3 Å². The lowest BCUT2D eigenvalue weighted by atomic mass is 10.2. The van der Waals surface area contributed by atoms with E-state index < -0.39 is 0 Å². The number of nitrogens with two attached hydrogens (primary N) is 1. The molecule has 0 saturated heterocycles. The second kappa shape index (κ2) is 6.79. The van der Waals surface area contributed by atoms with Gasteiger partial charge in [-0.25, -0.2) is 0 Å². The predicted molar refractivity (Wildman–Crippen MR) is 79.0 cm³/mol. The molecule has 1 heterocycles. The first-order chi connectivity index (χ1) is 9.56. The summed E-state index contributed by atoms with van der Waals surface area (Å²) in [6.07, 6.45) is 1.62. The lowest BCUT2D eigenvalue weighted by Crippen LogP contribution is -2.86. The Bertz CT molecular complexity index is 585. The van der Waals surface area contributed by atoms with Crippen LogP contribution >= 0.6 is 23.2 Å². The SMILES string of the molecule is C[C@@H]([NH2+]CC(=O)Nc1ccc(Cl)cc1Cl)c1ccco1. The normalized spacial score (nSPS) is 12.2. The Balaban J connectivity index is 1.86. The summed E-state index contributed by atoms with van der Waals surface area (Å²) >= 11 is 11.8. The Morgan fingerprint density at radius 2 is 2.20 bits per heavy atom. The molecule has 6 heteroatoms. The van der Waals surface area contributed by atoms with E-state index in [0.29, 0.717) is 15.7 Å². The number of anilines is 1. The monoisotopic (exact) mass is 313 g/mol. The summed E-state index contributed by atoms with van der Waals surface area (Å²) < 4.78 is 5.28. The van der Waals surface area contributed by atoms with E-state index in [1.165, 1.54) is 0 Å². The molecule has 4 nitrogen and oxygen atoms in total. The highest BCUT2D eigenvalue weighted by Gasteiger charge is 2.14. The first kappa shape index (κ1) is 14.9. The third kappa shape index (κ3) is 4.00. The molecule has 20 heavy (non-hydrogen) atoms. The average Bonchev–Trinajstić information content (AvgIpc) is 2.93. The van der Waals surface area contributed by atoms with Crippen LogP contribution in [0.15, 0.2) is 41.0 Å². The number of furan rings is 1. The Kier molecular flexibility index (Phi) is 5.06. The van der Waals surface area contributed by atoms with Crippen LogP contribution in [0.2, 0.25) is 10.0 Å². The largest absolute Gasteiger partial charge is 0.463 e. The van der Waals surface area contributed by atoms with Gasteiger partial charge in [0.2, 0.25) is 0 Å². The lowest BCUT2D eigenvalue weighted by Gasteiger charge is -2.09. The summed E-state index contributed by atoms with van der Waals surface area (Å²) in [5.74, 6) is 0.704. The van der Waals surface area contributed by atoms with E-state index in [2.05, 4.69) is 5.32 Å². The van der Waals surface area contributed by atoms with Crippen LogP contribution in [0, 0.1) is 0 Å². The number of carbonyl (C=O) groups is 1. The molecule has 0 aliphatic carbocycles. The Hall–Kier alpha value is -1.49. The van der Waals surface area contributed by atoms with Crippen LogP contribution in [0.4, 0.5) is 5.69 Å². The van der Waals surface area contributed by atoms with E-state index in [1.807, 2.05) is 24.4 Å². The minimum absolute atomic E-state index is 0.0800. The van der Waals surface area contributed by atoms with Gasteiger partial charge in [-0.15, -0.1) is 0 Å². The fourth-order valence-corrected chi connectivity index (χ4v) is 2.20. The highest BCUT2D eigenvalue weighted by Crippen LogP contribution is 2.25. The minimum Gasteiger partial charge on any atom is -0.463 e. The zero-order valence-electron chi connectivity index (χ0n) is 10.9. The van der Waals surface area contributed by atoms with E-state index in [1.54, 1.807) is 24.5 Å². The Morgan fingerprint density at radius 1 is 1.40 bits per heavy atom. The van der Waals surface area contributed by atoms with Gasteiger partial charge >= 0.3 is 0 Å². The number of nitrogens with one attached hydrogen (secondary N) is 1. The number of benzene rings is 1. The van der Waals surface area contributed by atoms with E-state index in [4.69, 9.17) is 27.6 Å². The van der Waals surface area contributed by atoms with Crippen molar-refractivity contribution in [2.45, 2.75) is 13.0 Å². The standard InChI is InChI=1S/C14H14Cl2N2O2/c1-9(13-3-2-6-20-13)17-8-14(19)18-12-5-4-10(15)7-11(12)16/h2-7,9,17H,8H2,1H3,(H,18,19)/p+1/t9-/m1/s1. The van der Waals surface area contributed by atoms with Gasteiger partial charge in [-0.3, -0.25) is 4.79 Å². The average molecular weight is 314 g/mol. The maximum Gasteiger partial charge on any atom is 0.279 e. The van der Waals surface area contributed by atoms with Gasteiger partial charge in [0.1, 0.15) is 6.04 Å². The van der Waals surface area contributed by atoms with Crippen molar-refractivity contribution in [1.29, 1.82) is 0 Å². The lowest BCUT2D eigenvalue weighted by molar-refractivity contribution is -0.684. The second-order valence-electron chi connectivity index (χ2n) is 4.42. The van der Waals surface area contributed by atoms with Gasteiger partial charge in [0.25, 0.3) is 5.91 Å². The third-order valence-corrected chi connectivity index (χ3v) is 3.40. The second-order valence-corrected chi connectivity index (χ2v) is 5.26. The summed E-state index contributed by atoms with van der Waals surface area (Å²) in [6, 6.07) is 8.74. The highest BCUT2D eigenvalue weighted by atomic mass is 35.5. The zero-order chi connectivity index (χ0) is 14.5. The highest BCUT2D eigenvalue weighted by molar-refractivity contribution is 6.36. The number of rotatable bonds is 5. The molecular weight excluding hydrogens is 299 g/mol. The summed E-state index contributed by atoms with van der Waals surface area (Å²) in [5, 5.41) is 5.59. The van der Waals surface area contributed by atoms with Crippen molar-refractivity contribution in [1.82, 2.24) is 0 Å². The Labute approximate surface area is 127 Å². The summed E-state index contributed by atoms with van der Waals surface area (Å²) in [6.45, 7) is 2.25. The van der Waals surface area contributed by atoms with Gasteiger partial charge in [0, 0.05) is 5.02 Å². The van der Waals surface area contributed by atoms with Crippen LogP contribution in [0.3, 0.4) is 0 Å². The van der Waals surface area contributed by atoms with Gasteiger partial charge < -0.3 is 15.1 Å². The van der Waals surface area contributed by atoms with Crippen LogP contribution in [-0.2, 0) is 4.79 Å². The van der Waals surface area contributed by atoms with Crippen molar-refractivity contribution in [3.8, 4) is 0 Å². The van der Waals surface area contributed by atoms with Crippen molar-refractivity contribution < 1.29 is 14.5 Å². The molecular formula is C14H15Cl2N2O2+. The molecule has 0 fully saturated rings. The van der Waals surface area contributed by atoms with Gasteiger partial charge in [-0.1, -0.05) is 23.2 Å². The first-order valence-electron chi connectivity index (χ1n) is 6.18. The maximum atomic E-state index is 11.9. The van der Waals surface area contributed by atoms with Gasteiger partial charge in [0.15, 0.2) is 12.3 Å². The molecule has 0 aliphatic rings. The number of carbonyl (C=O) groups excluding carboxylic acids is 1. The van der Waals surface area contributed by atoms with Crippen LogP contribution in [0.25, 0.3) is 0 Å². The molecule has 0 aliphatic heterocycles. The predicted octanol–water partition coefficient (Wildman–Crippen LogP) is 2.85. The summed E-state index contributed by atoms with van der Waals surface area (Å²) in [4.78, 5) is 11.9. The minimum atomic E-state index is -0.132. The molecule has 2 rings (SSSR count). The van der Waals surface area contributed by atoms with Crippen molar-refractivity contribution in [3.05, 3.63) is 52.4 Å². The number of hydrogen-bond acceptors (Lipinski definition) is 2. The maximum absolute atomic E-state index is 11.9. The number of hydrogen-bond donors (Lipinski definition) is 2. The number of amides is 1. The molecule has 0 saturated carbocycles. The molecule has 0 unspecified atom stereocenters. The molecule has 0 radical (unpaired) electrons. The van der Waals surface area contributed by atoms with Crippen LogP contribution in [0.5, 0.6) is 0 Å². The van der Waals surface area contributed by atoms with E-state index in [-0.39, 0.29) is 18.5 Å². The van der Waals surface area contributed by atoms with Crippen LogP contribution < -0.4 is 10.6 Å². The fourth-order valence-electron chi connectivity index (χ4n) is 1.74. The van der Waals surface area contributed by atoms with Crippen molar-refractivity contribution in [2.75, 3.05) is 11.9 Å². The molecule has 1 amide bonds. The summed E-state index contributed by atoms with van der Waals surface area (Å²) in [5.41, 5.74) is 0.556. The molecule has 106 valence electrons. The van der Waals surface area contributed by atoms with Crippen LogP contribution in [-0.4, -0.2) is 12.5 Å². The topological polar surface area (TPSA) is 58.9 Å². The molecule has 1 aromatic carbocycles. The van der Waals surface area contributed by atoms with E-state index >= 15 is 0 Å². The Morgan fingerprint density at radius 3 is 2.85 bits per heavy atom. The van der Waals surface area contributed by atoms with Crippen molar-refractivity contribution in [3.63, 3.8) is 0 Å². The molecule has 2 aromatic rings. The zero-order valence-corrected chi connectivity index (χ0v) is 12.4. The molecule has 1 aromatic heterocycles. The molecule has 1 atom stereocenters. The van der Waals surface area contributed by atoms with Gasteiger partial charge in [-0.2, -0.15) is 0 Å². The van der Waals surface area contributed by atoms with Gasteiger partial charge in [0.05, 0.1) is 17.0 Å². The number of quaternary nitrogens is 1. The van der Waals surface area contributed by atoms with Crippen molar-refractivity contribution in [2.24, 2.45) is 0 Å². The smallest absolute Gasteiger partial charge is 0.279 e. The summed E-state index contributed by atoms with van der Waals surface area (Å²) in [7, 11) is 0. The van der Waals surface area contributed by atoms with E-state index in [0.717, 1.165) is 5.76 Å². The molecule has 0 spiro atoms. The van der Waals surface area contributed by atoms with Crippen molar-refractivity contribution >= 4 is 34.8 Å². The fraction of sp³-hybridized carbons (Fsp3) is 0.214. The molecule has 0 bridgehead atoms. The third-order valence-electron chi connectivity index (χ3n) is 2.85. The first-order valence-corrected chi connectivity index (χ1v) is 6.93. The quantitative estimate of drug-likeness (QED) is 0.891. The molecule has 3 N–H and O–H groups in total. The van der Waals surface area contributed by atoms with E-state index in [9.17, 15) is 4.79 Å². The van der Waals surface area contributed by atoms with Crippen LogP contribution in [0.1, 0.15) is 18.7 Å². The number of halogens is 2.